The Bertz CT molecular complexity index is 679. The van der Waals surface area contributed by atoms with E-state index < -0.39 is 10.0 Å². The smallest absolute Gasteiger partial charge is 0.256 e. The van der Waals surface area contributed by atoms with Crippen LogP contribution < -0.4 is 0 Å². The van der Waals surface area contributed by atoms with Crippen molar-refractivity contribution in [2.24, 2.45) is 0 Å². The monoisotopic (exact) mass is 302 g/mol. The lowest BCUT2D eigenvalue weighted by Crippen LogP contribution is -2.22. The molecule has 0 radical (unpaired) electrons. The second kappa shape index (κ2) is 5.49. The Morgan fingerprint density at radius 3 is 2.79 bits per heavy atom. The van der Waals surface area contributed by atoms with E-state index in [1.54, 1.807) is 6.07 Å². The molecular formula is C11H14N2O4S2. The Kier molecular flexibility index (Phi) is 4.14. The summed E-state index contributed by atoms with van der Waals surface area (Å²) in [5.74, 6) is 0.482. The zero-order valence-electron chi connectivity index (χ0n) is 10.5. The molecule has 0 amide bonds. The van der Waals surface area contributed by atoms with E-state index in [-0.39, 0.29) is 11.5 Å². The number of aromatic nitrogens is 1. The third kappa shape index (κ3) is 2.92. The van der Waals surface area contributed by atoms with Gasteiger partial charge in [-0.25, -0.2) is 17.7 Å². The first-order valence-corrected chi connectivity index (χ1v) is 7.94. The molecule has 0 aliphatic rings. The zero-order chi connectivity index (χ0) is 14.0. The summed E-state index contributed by atoms with van der Waals surface area (Å²) in [5.41, 5.74) is 1.02. The van der Waals surface area contributed by atoms with Gasteiger partial charge in [0.15, 0.2) is 5.58 Å². The van der Waals surface area contributed by atoms with Gasteiger partial charge in [-0.15, -0.1) is 0 Å². The van der Waals surface area contributed by atoms with E-state index in [1.807, 2.05) is 0 Å². The van der Waals surface area contributed by atoms with Crippen molar-refractivity contribution in [1.29, 1.82) is 0 Å². The van der Waals surface area contributed by atoms with Gasteiger partial charge in [-0.1, -0.05) is 11.8 Å². The summed E-state index contributed by atoms with van der Waals surface area (Å²) in [6.07, 6.45) is 0. The summed E-state index contributed by atoms with van der Waals surface area (Å²) >= 11 is 1.28. The van der Waals surface area contributed by atoms with Crippen molar-refractivity contribution in [2.75, 3.05) is 26.5 Å². The van der Waals surface area contributed by atoms with Crippen LogP contribution in [0.3, 0.4) is 0 Å². The number of nitrogens with zero attached hydrogens (tertiary/aromatic N) is 2. The number of oxazole rings is 1. The van der Waals surface area contributed by atoms with Gasteiger partial charge in [0.1, 0.15) is 5.52 Å². The second-order valence-electron chi connectivity index (χ2n) is 3.97. The fourth-order valence-corrected chi connectivity index (χ4v) is 2.95. The predicted molar refractivity (Wildman–Crippen MR) is 72.7 cm³/mol. The Morgan fingerprint density at radius 2 is 2.16 bits per heavy atom. The molecule has 0 atom stereocenters. The highest BCUT2D eigenvalue weighted by Crippen LogP contribution is 2.25. The third-order valence-electron chi connectivity index (χ3n) is 2.43. The molecule has 0 spiro atoms. The number of rotatable bonds is 5. The molecule has 1 aromatic heterocycles. The molecule has 0 fully saturated rings. The number of benzene rings is 1. The molecule has 0 unspecified atom stereocenters. The van der Waals surface area contributed by atoms with Crippen LogP contribution in [-0.4, -0.2) is 49.3 Å². The Labute approximate surface area is 115 Å². The quantitative estimate of drug-likeness (QED) is 0.835. The maximum Gasteiger partial charge on any atom is 0.256 e. The first kappa shape index (κ1) is 14.3. The van der Waals surface area contributed by atoms with Gasteiger partial charge in [0.05, 0.1) is 11.5 Å². The van der Waals surface area contributed by atoms with Gasteiger partial charge in [0.25, 0.3) is 5.22 Å². The molecule has 0 aliphatic carbocycles. The predicted octanol–water partition coefficient (Wildman–Crippen LogP) is 1.16. The van der Waals surface area contributed by atoms with Gasteiger partial charge < -0.3 is 9.52 Å². The van der Waals surface area contributed by atoms with Crippen molar-refractivity contribution in [2.45, 2.75) is 10.1 Å². The van der Waals surface area contributed by atoms with Crippen LogP contribution in [0, 0.1) is 0 Å². The molecule has 1 heterocycles. The summed E-state index contributed by atoms with van der Waals surface area (Å²) in [6.45, 7) is 0.0314. The average molecular weight is 302 g/mol. The summed E-state index contributed by atoms with van der Waals surface area (Å²) < 4.78 is 30.5. The van der Waals surface area contributed by atoms with Crippen molar-refractivity contribution in [3.05, 3.63) is 18.2 Å². The number of aliphatic hydroxyl groups excluding tert-OH is 1. The fraction of sp³-hybridized carbons (Fsp3) is 0.364. The Balaban J connectivity index is 2.41. The van der Waals surface area contributed by atoms with Crippen LogP contribution in [0.5, 0.6) is 0 Å². The van der Waals surface area contributed by atoms with E-state index in [4.69, 9.17) is 9.52 Å². The van der Waals surface area contributed by atoms with Crippen LogP contribution in [0.2, 0.25) is 0 Å². The Hall–Kier alpha value is -1.09. The molecule has 0 aliphatic heterocycles. The number of fused-ring (bicyclic) bond motifs is 1. The van der Waals surface area contributed by atoms with Crippen molar-refractivity contribution < 1.29 is 17.9 Å². The molecule has 1 aromatic carbocycles. The fourth-order valence-electron chi connectivity index (χ4n) is 1.45. The maximum atomic E-state index is 12.0. The van der Waals surface area contributed by atoms with Gasteiger partial charge in [0, 0.05) is 19.8 Å². The van der Waals surface area contributed by atoms with Gasteiger partial charge in [-0.05, 0) is 18.2 Å². The minimum atomic E-state index is -3.47. The Morgan fingerprint density at radius 1 is 1.42 bits per heavy atom. The van der Waals surface area contributed by atoms with Crippen LogP contribution in [0.1, 0.15) is 0 Å². The lowest BCUT2D eigenvalue weighted by molar-refractivity contribution is 0.322. The lowest BCUT2D eigenvalue weighted by Gasteiger charge is -2.10. The first-order chi connectivity index (χ1) is 8.95. The van der Waals surface area contributed by atoms with Crippen LogP contribution in [0.25, 0.3) is 11.1 Å². The topological polar surface area (TPSA) is 83.6 Å². The minimum Gasteiger partial charge on any atom is -0.431 e. The number of sulfonamides is 1. The van der Waals surface area contributed by atoms with Gasteiger partial charge in [-0.3, -0.25) is 0 Å². The molecule has 8 heteroatoms. The highest BCUT2D eigenvalue weighted by molar-refractivity contribution is 7.99. The number of thioether (sulfide) groups is 1. The van der Waals surface area contributed by atoms with E-state index in [9.17, 15) is 8.42 Å². The molecule has 1 N–H and O–H groups in total. The average Bonchev–Trinajstić information content (AvgIpc) is 2.77. The number of aliphatic hydroxyl groups is 1. The normalized spacial score (nSPS) is 12.4. The largest absolute Gasteiger partial charge is 0.431 e. The molecule has 0 bridgehead atoms. The summed E-state index contributed by atoms with van der Waals surface area (Å²) in [4.78, 5) is 4.36. The van der Waals surface area contributed by atoms with Crippen molar-refractivity contribution in [1.82, 2.24) is 9.29 Å². The van der Waals surface area contributed by atoms with E-state index in [1.165, 1.54) is 38.0 Å². The molecule has 0 saturated carbocycles. The van der Waals surface area contributed by atoms with Crippen LogP contribution in [-0.2, 0) is 10.0 Å². The van der Waals surface area contributed by atoms with Crippen molar-refractivity contribution >= 4 is 32.9 Å². The van der Waals surface area contributed by atoms with Gasteiger partial charge in [0.2, 0.25) is 10.0 Å². The third-order valence-corrected chi connectivity index (χ3v) is 5.05. The van der Waals surface area contributed by atoms with Gasteiger partial charge >= 0.3 is 0 Å². The van der Waals surface area contributed by atoms with E-state index in [2.05, 4.69) is 4.98 Å². The van der Waals surface area contributed by atoms with Crippen molar-refractivity contribution in [3.8, 4) is 0 Å². The highest BCUT2D eigenvalue weighted by atomic mass is 32.2. The maximum absolute atomic E-state index is 12.0. The molecular weight excluding hydrogens is 288 g/mol. The van der Waals surface area contributed by atoms with Crippen LogP contribution in [0.15, 0.2) is 32.7 Å². The van der Waals surface area contributed by atoms with E-state index >= 15 is 0 Å². The zero-order valence-corrected chi connectivity index (χ0v) is 12.2. The molecule has 19 heavy (non-hydrogen) atoms. The van der Waals surface area contributed by atoms with Crippen LogP contribution >= 0.6 is 11.8 Å². The van der Waals surface area contributed by atoms with Crippen LogP contribution in [0.4, 0.5) is 0 Å². The minimum absolute atomic E-state index is 0.0314. The molecule has 6 nitrogen and oxygen atoms in total. The molecule has 0 saturated heterocycles. The number of hydrogen-bond acceptors (Lipinski definition) is 6. The van der Waals surface area contributed by atoms with Gasteiger partial charge in [-0.2, -0.15) is 0 Å². The standard InChI is InChI=1S/C11H14N2O4S2/c1-13(2)19(15,16)8-3-4-10-9(7-8)12-11(17-10)18-6-5-14/h3-4,7,14H,5-6H2,1-2H3. The highest BCUT2D eigenvalue weighted by Gasteiger charge is 2.18. The summed E-state index contributed by atoms with van der Waals surface area (Å²) in [7, 11) is -0.517. The van der Waals surface area contributed by atoms with Crippen molar-refractivity contribution in [3.63, 3.8) is 0 Å². The lowest BCUT2D eigenvalue weighted by atomic mass is 10.3. The summed E-state index contributed by atoms with van der Waals surface area (Å²) in [5, 5.41) is 9.16. The second-order valence-corrected chi connectivity index (χ2v) is 7.17. The summed E-state index contributed by atoms with van der Waals surface area (Å²) in [6, 6.07) is 4.56. The first-order valence-electron chi connectivity index (χ1n) is 5.52. The van der Waals surface area contributed by atoms with E-state index in [0.29, 0.717) is 22.1 Å². The molecule has 2 rings (SSSR count). The molecule has 104 valence electrons. The number of hydrogen-bond donors (Lipinski definition) is 1. The molecule has 2 aromatic rings. The SMILES string of the molecule is CN(C)S(=O)(=O)c1ccc2oc(SCCO)nc2c1. The van der Waals surface area contributed by atoms with E-state index in [0.717, 1.165) is 4.31 Å².